The average Bonchev–Trinajstić information content (AvgIpc) is 2.34. The molecular weight excluding hydrogens is 252 g/mol. The molecule has 0 radical (unpaired) electrons. The predicted molar refractivity (Wildman–Crippen MR) is 71.6 cm³/mol. The molecule has 0 saturated carbocycles. The maximum atomic E-state index is 12.2. The van der Waals surface area contributed by atoms with E-state index in [-0.39, 0.29) is 11.5 Å². The summed E-state index contributed by atoms with van der Waals surface area (Å²) in [7, 11) is -1.90. The third-order valence-corrected chi connectivity index (χ3v) is 4.55. The van der Waals surface area contributed by atoms with Crippen molar-refractivity contribution < 1.29 is 13.5 Å². The molecule has 0 fully saturated rings. The summed E-state index contributed by atoms with van der Waals surface area (Å²) in [5, 5.41) is 8.65. The van der Waals surface area contributed by atoms with E-state index in [9.17, 15) is 8.42 Å². The Labute approximate surface area is 108 Å². The molecule has 0 aliphatic rings. The van der Waals surface area contributed by atoms with Crippen LogP contribution in [0, 0.1) is 0 Å². The lowest BCUT2D eigenvalue weighted by Crippen LogP contribution is -2.28. The van der Waals surface area contributed by atoms with Gasteiger partial charge >= 0.3 is 0 Å². The Bertz CT molecular complexity index is 474. The van der Waals surface area contributed by atoms with Gasteiger partial charge in [0.25, 0.3) is 0 Å². The lowest BCUT2D eigenvalue weighted by atomic mass is 10.2. The Kier molecular flexibility index (Phi) is 5.58. The quantitative estimate of drug-likeness (QED) is 0.574. The summed E-state index contributed by atoms with van der Waals surface area (Å²) < 4.78 is 25.7. The molecule has 0 aliphatic heterocycles. The third kappa shape index (κ3) is 3.97. The third-order valence-electron chi connectivity index (χ3n) is 2.70. The van der Waals surface area contributed by atoms with Crippen LogP contribution < -0.4 is 5.73 Å². The predicted octanol–water partition coefficient (Wildman–Crippen LogP) is 1.05. The summed E-state index contributed by atoms with van der Waals surface area (Å²) in [5.74, 6) is 0. The number of nitrogens with zero attached hydrogens (tertiary/aromatic N) is 1. The zero-order valence-corrected chi connectivity index (χ0v) is 11.4. The molecule has 0 saturated heterocycles. The zero-order valence-electron chi connectivity index (χ0n) is 10.5. The highest BCUT2D eigenvalue weighted by Gasteiger charge is 2.20. The van der Waals surface area contributed by atoms with Crippen molar-refractivity contribution in [3.8, 4) is 0 Å². The number of unbranched alkanes of at least 4 members (excludes halogenated alkanes) is 2. The van der Waals surface area contributed by atoms with Crippen LogP contribution in [-0.2, 0) is 10.0 Å². The molecule has 0 atom stereocenters. The number of rotatable bonds is 7. The molecule has 5 nitrogen and oxygen atoms in total. The van der Waals surface area contributed by atoms with Gasteiger partial charge in [-0.25, -0.2) is 12.7 Å². The standard InChI is InChI=1S/C12H20N2O3S/c1-14(8-3-2-4-9-15)18(16,17)12-7-5-6-11(13)10-12/h5-7,10,15H,2-4,8-9,13H2,1H3. The van der Waals surface area contributed by atoms with Crippen LogP contribution in [0.2, 0.25) is 0 Å². The van der Waals surface area contributed by atoms with Crippen molar-refractivity contribution in [2.75, 3.05) is 25.9 Å². The number of benzene rings is 1. The molecule has 0 aliphatic carbocycles. The van der Waals surface area contributed by atoms with Crippen LogP contribution in [0.1, 0.15) is 19.3 Å². The highest BCUT2D eigenvalue weighted by molar-refractivity contribution is 7.89. The van der Waals surface area contributed by atoms with E-state index in [4.69, 9.17) is 10.8 Å². The molecule has 0 amide bonds. The van der Waals surface area contributed by atoms with E-state index in [1.54, 1.807) is 19.2 Å². The molecule has 6 heteroatoms. The number of aliphatic hydroxyl groups excluding tert-OH is 1. The summed E-state index contributed by atoms with van der Waals surface area (Å²) >= 11 is 0. The molecular formula is C12H20N2O3S. The van der Waals surface area contributed by atoms with Crippen LogP contribution >= 0.6 is 0 Å². The fourth-order valence-electron chi connectivity index (χ4n) is 1.60. The van der Waals surface area contributed by atoms with Crippen LogP contribution in [0.3, 0.4) is 0 Å². The highest BCUT2D eigenvalue weighted by atomic mass is 32.2. The lowest BCUT2D eigenvalue weighted by molar-refractivity contribution is 0.281. The molecule has 3 N–H and O–H groups in total. The van der Waals surface area contributed by atoms with Crippen LogP contribution in [0.15, 0.2) is 29.2 Å². The average molecular weight is 272 g/mol. The van der Waals surface area contributed by atoms with Crippen molar-refractivity contribution in [2.45, 2.75) is 24.2 Å². The van der Waals surface area contributed by atoms with Crippen LogP contribution in [0.5, 0.6) is 0 Å². The Morgan fingerprint density at radius 2 is 2.00 bits per heavy atom. The van der Waals surface area contributed by atoms with Crippen LogP contribution in [-0.4, -0.2) is 38.0 Å². The van der Waals surface area contributed by atoms with Gasteiger partial charge in [0.1, 0.15) is 0 Å². The maximum absolute atomic E-state index is 12.2. The first kappa shape index (κ1) is 14.9. The monoisotopic (exact) mass is 272 g/mol. The van der Waals surface area contributed by atoms with Crippen molar-refractivity contribution >= 4 is 15.7 Å². The molecule has 1 aromatic carbocycles. The fourth-order valence-corrected chi connectivity index (χ4v) is 2.86. The summed E-state index contributed by atoms with van der Waals surface area (Å²) in [5.41, 5.74) is 6.02. The number of sulfonamides is 1. The largest absolute Gasteiger partial charge is 0.399 e. The summed E-state index contributed by atoms with van der Waals surface area (Å²) in [6.45, 7) is 0.586. The number of aliphatic hydroxyl groups is 1. The van der Waals surface area contributed by atoms with E-state index in [2.05, 4.69) is 0 Å². The number of nitrogens with two attached hydrogens (primary N) is 1. The molecule has 0 bridgehead atoms. The molecule has 0 spiro atoms. The minimum atomic E-state index is -3.46. The first-order valence-electron chi connectivity index (χ1n) is 5.91. The van der Waals surface area contributed by atoms with E-state index in [0.717, 1.165) is 12.8 Å². The first-order valence-corrected chi connectivity index (χ1v) is 7.35. The van der Waals surface area contributed by atoms with Gasteiger partial charge in [-0.1, -0.05) is 6.07 Å². The number of anilines is 1. The smallest absolute Gasteiger partial charge is 0.242 e. The SMILES string of the molecule is CN(CCCCCO)S(=O)(=O)c1cccc(N)c1. The van der Waals surface area contributed by atoms with Gasteiger partial charge in [0.2, 0.25) is 10.0 Å². The summed E-state index contributed by atoms with van der Waals surface area (Å²) in [6.07, 6.45) is 2.25. The molecule has 102 valence electrons. The molecule has 1 aromatic rings. The van der Waals surface area contributed by atoms with E-state index >= 15 is 0 Å². The first-order chi connectivity index (χ1) is 8.48. The Hall–Kier alpha value is -1.11. The molecule has 0 unspecified atom stereocenters. The Morgan fingerprint density at radius 3 is 2.61 bits per heavy atom. The highest BCUT2D eigenvalue weighted by Crippen LogP contribution is 2.17. The Balaban J connectivity index is 2.68. The van der Waals surface area contributed by atoms with E-state index < -0.39 is 10.0 Å². The van der Waals surface area contributed by atoms with Gasteiger partial charge in [-0.2, -0.15) is 0 Å². The van der Waals surface area contributed by atoms with E-state index in [1.165, 1.54) is 16.4 Å². The molecule has 0 aromatic heterocycles. The van der Waals surface area contributed by atoms with Gasteiger partial charge in [-0.05, 0) is 37.5 Å². The second-order valence-corrected chi connectivity index (χ2v) is 6.23. The van der Waals surface area contributed by atoms with Gasteiger partial charge in [0.15, 0.2) is 0 Å². The molecule has 1 rings (SSSR count). The summed E-state index contributed by atoms with van der Waals surface area (Å²) in [4.78, 5) is 0.215. The van der Waals surface area contributed by atoms with Crippen LogP contribution in [0.25, 0.3) is 0 Å². The van der Waals surface area contributed by atoms with Crippen molar-refractivity contribution in [1.82, 2.24) is 4.31 Å². The number of hydrogen-bond donors (Lipinski definition) is 2. The second-order valence-electron chi connectivity index (χ2n) is 4.18. The Morgan fingerprint density at radius 1 is 1.28 bits per heavy atom. The normalized spacial score (nSPS) is 11.9. The van der Waals surface area contributed by atoms with Gasteiger partial charge in [-0.3, -0.25) is 0 Å². The molecule has 0 heterocycles. The minimum Gasteiger partial charge on any atom is -0.399 e. The topological polar surface area (TPSA) is 83.6 Å². The van der Waals surface area contributed by atoms with Gasteiger partial charge < -0.3 is 10.8 Å². The van der Waals surface area contributed by atoms with E-state index in [1.807, 2.05) is 0 Å². The van der Waals surface area contributed by atoms with Crippen molar-refractivity contribution in [3.05, 3.63) is 24.3 Å². The van der Waals surface area contributed by atoms with Crippen LogP contribution in [0.4, 0.5) is 5.69 Å². The van der Waals surface area contributed by atoms with Gasteiger partial charge in [0.05, 0.1) is 4.90 Å². The van der Waals surface area contributed by atoms with Crippen molar-refractivity contribution in [1.29, 1.82) is 0 Å². The van der Waals surface area contributed by atoms with Gasteiger partial charge in [0, 0.05) is 25.9 Å². The number of hydrogen-bond acceptors (Lipinski definition) is 4. The second kappa shape index (κ2) is 6.72. The van der Waals surface area contributed by atoms with Crippen molar-refractivity contribution in [3.63, 3.8) is 0 Å². The molecule has 18 heavy (non-hydrogen) atoms. The van der Waals surface area contributed by atoms with Gasteiger partial charge in [-0.15, -0.1) is 0 Å². The van der Waals surface area contributed by atoms with E-state index in [0.29, 0.717) is 18.7 Å². The maximum Gasteiger partial charge on any atom is 0.242 e. The minimum absolute atomic E-state index is 0.145. The zero-order chi connectivity index (χ0) is 13.6. The number of nitrogen functional groups attached to an aromatic ring is 1. The van der Waals surface area contributed by atoms with Crippen molar-refractivity contribution in [2.24, 2.45) is 0 Å². The fraction of sp³-hybridized carbons (Fsp3) is 0.500. The lowest BCUT2D eigenvalue weighted by Gasteiger charge is -2.17. The summed E-state index contributed by atoms with van der Waals surface area (Å²) in [6, 6.07) is 6.28.